The molecule has 1 amide bonds. The molecule has 4 nitrogen and oxygen atoms in total. The second-order valence-corrected chi connectivity index (χ2v) is 4.48. The van der Waals surface area contributed by atoms with Crippen molar-refractivity contribution >= 4 is 12.2 Å². The molecular weight excluding hydrogens is 273 g/mol. The van der Waals surface area contributed by atoms with Gasteiger partial charge in [-0.3, -0.25) is 9.59 Å². The summed E-state index contributed by atoms with van der Waals surface area (Å²) in [6.45, 7) is -0.0301. The molecule has 0 aliphatic rings. The van der Waals surface area contributed by atoms with E-state index in [4.69, 9.17) is 0 Å². The molecular formula is C16H14FNO3. The van der Waals surface area contributed by atoms with Crippen LogP contribution in [-0.4, -0.2) is 23.8 Å². The number of aliphatic hydroxyl groups is 1. The summed E-state index contributed by atoms with van der Waals surface area (Å²) in [5, 5.41) is 12.5. The van der Waals surface area contributed by atoms with Crippen molar-refractivity contribution in [2.45, 2.75) is 6.10 Å². The molecule has 0 saturated heterocycles. The van der Waals surface area contributed by atoms with Crippen LogP contribution in [0.5, 0.6) is 0 Å². The van der Waals surface area contributed by atoms with Crippen LogP contribution in [0.3, 0.4) is 0 Å². The number of hydrogen-bond acceptors (Lipinski definition) is 3. The second kappa shape index (κ2) is 6.76. The van der Waals surface area contributed by atoms with Gasteiger partial charge in [0, 0.05) is 17.7 Å². The lowest BCUT2D eigenvalue weighted by atomic mass is 10.1. The number of rotatable bonds is 5. The minimum absolute atomic E-state index is 0.0301. The summed E-state index contributed by atoms with van der Waals surface area (Å²) in [5.74, 6) is -0.839. The van der Waals surface area contributed by atoms with Crippen molar-refractivity contribution < 1.29 is 19.1 Å². The molecule has 2 aromatic rings. The zero-order chi connectivity index (χ0) is 15.2. The first-order chi connectivity index (χ1) is 10.1. The van der Waals surface area contributed by atoms with Crippen LogP contribution in [-0.2, 0) is 0 Å². The number of amides is 1. The first kappa shape index (κ1) is 14.9. The van der Waals surface area contributed by atoms with Gasteiger partial charge in [-0.1, -0.05) is 30.3 Å². The number of hydrogen-bond donors (Lipinski definition) is 2. The van der Waals surface area contributed by atoms with Gasteiger partial charge in [-0.05, 0) is 23.8 Å². The highest BCUT2D eigenvalue weighted by Crippen LogP contribution is 2.13. The lowest BCUT2D eigenvalue weighted by Crippen LogP contribution is -2.29. The van der Waals surface area contributed by atoms with Gasteiger partial charge in [0.25, 0.3) is 5.91 Å². The third kappa shape index (κ3) is 3.73. The molecule has 5 heteroatoms. The van der Waals surface area contributed by atoms with Gasteiger partial charge < -0.3 is 10.4 Å². The van der Waals surface area contributed by atoms with Crippen molar-refractivity contribution in [2.24, 2.45) is 0 Å². The van der Waals surface area contributed by atoms with E-state index in [1.807, 2.05) is 0 Å². The predicted molar refractivity (Wildman–Crippen MR) is 75.5 cm³/mol. The highest BCUT2D eigenvalue weighted by molar-refractivity contribution is 6.01. The molecule has 0 radical (unpaired) electrons. The van der Waals surface area contributed by atoms with Gasteiger partial charge in [0.15, 0.2) is 6.29 Å². The minimum Gasteiger partial charge on any atom is -0.387 e. The Hall–Kier alpha value is -2.53. The van der Waals surface area contributed by atoms with Crippen LogP contribution in [0.4, 0.5) is 4.39 Å². The number of aldehydes is 1. The summed E-state index contributed by atoms with van der Waals surface area (Å²) in [5.41, 5.74) is 1.03. The lowest BCUT2D eigenvalue weighted by molar-refractivity contribution is 0.0912. The summed E-state index contributed by atoms with van der Waals surface area (Å²) in [6.07, 6.45) is -0.344. The van der Waals surface area contributed by atoms with E-state index in [2.05, 4.69) is 5.32 Å². The van der Waals surface area contributed by atoms with Crippen molar-refractivity contribution in [2.75, 3.05) is 6.54 Å². The average molecular weight is 287 g/mol. The molecule has 0 bridgehead atoms. The predicted octanol–water partition coefficient (Wildman–Crippen LogP) is 2.10. The zero-order valence-electron chi connectivity index (χ0n) is 11.1. The van der Waals surface area contributed by atoms with Crippen molar-refractivity contribution in [3.05, 3.63) is 71.0 Å². The van der Waals surface area contributed by atoms with Crippen LogP contribution >= 0.6 is 0 Å². The molecule has 2 aromatic carbocycles. The molecule has 0 aromatic heterocycles. The third-order valence-corrected chi connectivity index (χ3v) is 3.04. The topological polar surface area (TPSA) is 66.4 Å². The van der Waals surface area contributed by atoms with Crippen molar-refractivity contribution in [1.29, 1.82) is 0 Å². The molecule has 2 N–H and O–H groups in total. The molecule has 0 heterocycles. The fourth-order valence-corrected chi connectivity index (χ4v) is 1.89. The van der Waals surface area contributed by atoms with Crippen molar-refractivity contribution in [3.63, 3.8) is 0 Å². The minimum atomic E-state index is -0.946. The Morgan fingerprint density at radius 3 is 2.52 bits per heavy atom. The lowest BCUT2D eigenvalue weighted by Gasteiger charge is -2.13. The Labute approximate surface area is 121 Å². The smallest absolute Gasteiger partial charge is 0.252 e. The third-order valence-electron chi connectivity index (χ3n) is 3.04. The van der Waals surface area contributed by atoms with E-state index in [0.717, 1.165) is 0 Å². The van der Waals surface area contributed by atoms with Crippen LogP contribution in [0.1, 0.15) is 32.4 Å². The first-order valence-corrected chi connectivity index (χ1v) is 6.37. The van der Waals surface area contributed by atoms with Crippen LogP contribution in [0.2, 0.25) is 0 Å². The Morgan fingerprint density at radius 2 is 1.86 bits per heavy atom. The quantitative estimate of drug-likeness (QED) is 0.828. The van der Waals surface area contributed by atoms with Gasteiger partial charge in [0.1, 0.15) is 5.82 Å². The monoisotopic (exact) mass is 287 g/mol. The van der Waals surface area contributed by atoms with E-state index in [1.54, 1.807) is 12.1 Å². The SMILES string of the molecule is O=Cc1ccccc1C(=O)NCC(O)c1ccc(F)cc1. The Morgan fingerprint density at radius 1 is 1.19 bits per heavy atom. The Balaban J connectivity index is 2.00. The molecule has 2 rings (SSSR count). The highest BCUT2D eigenvalue weighted by atomic mass is 19.1. The van der Waals surface area contributed by atoms with Crippen LogP contribution in [0.25, 0.3) is 0 Å². The van der Waals surface area contributed by atoms with E-state index in [-0.39, 0.29) is 17.7 Å². The molecule has 0 fully saturated rings. The fraction of sp³-hybridized carbons (Fsp3) is 0.125. The number of aliphatic hydroxyl groups excluding tert-OH is 1. The molecule has 108 valence electrons. The first-order valence-electron chi connectivity index (χ1n) is 6.37. The summed E-state index contributed by atoms with van der Waals surface area (Å²) < 4.78 is 12.8. The summed E-state index contributed by atoms with van der Waals surface area (Å²) >= 11 is 0. The van der Waals surface area contributed by atoms with E-state index in [9.17, 15) is 19.1 Å². The highest BCUT2D eigenvalue weighted by Gasteiger charge is 2.13. The van der Waals surface area contributed by atoms with Crippen LogP contribution < -0.4 is 5.32 Å². The Bertz CT molecular complexity index is 640. The Kier molecular flexibility index (Phi) is 4.79. The summed E-state index contributed by atoms with van der Waals surface area (Å²) in [4.78, 5) is 22.8. The maximum absolute atomic E-state index is 12.8. The normalized spacial score (nSPS) is 11.7. The largest absolute Gasteiger partial charge is 0.387 e. The molecule has 0 spiro atoms. The maximum atomic E-state index is 12.8. The van der Waals surface area contributed by atoms with E-state index < -0.39 is 17.8 Å². The van der Waals surface area contributed by atoms with E-state index >= 15 is 0 Å². The number of carbonyl (C=O) groups excluding carboxylic acids is 2. The summed E-state index contributed by atoms with van der Waals surface area (Å²) in [6, 6.07) is 11.8. The van der Waals surface area contributed by atoms with Crippen molar-refractivity contribution in [3.8, 4) is 0 Å². The van der Waals surface area contributed by atoms with Gasteiger partial charge in [0.2, 0.25) is 0 Å². The van der Waals surface area contributed by atoms with Gasteiger partial charge in [0.05, 0.1) is 6.10 Å². The van der Waals surface area contributed by atoms with Gasteiger partial charge in [-0.15, -0.1) is 0 Å². The molecule has 0 aliphatic heterocycles. The van der Waals surface area contributed by atoms with E-state index in [1.165, 1.54) is 36.4 Å². The van der Waals surface area contributed by atoms with Crippen LogP contribution in [0.15, 0.2) is 48.5 Å². The van der Waals surface area contributed by atoms with Gasteiger partial charge in [-0.25, -0.2) is 4.39 Å². The number of benzene rings is 2. The van der Waals surface area contributed by atoms with Gasteiger partial charge >= 0.3 is 0 Å². The molecule has 0 aliphatic carbocycles. The molecule has 0 saturated carbocycles. The maximum Gasteiger partial charge on any atom is 0.252 e. The van der Waals surface area contributed by atoms with Crippen LogP contribution in [0, 0.1) is 5.82 Å². The standard InChI is InChI=1S/C16H14FNO3/c17-13-7-5-11(6-8-13)15(20)9-18-16(21)14-4-2-1-3-12(14)10-19/h1-8,10,15,20H,9H2,(H,18,21). The van der Waals surface area contributed by atoms with E-state index in [0.29, 0.717) is 11.8 Å². The average Bonchev–Trinajstić information content (AvgIpc) is 2.52. The zero-order valence-corrected chi connectivity index (χ0v) is 11.1. The number of carbonyl (C=O) groups is 2. The number of halogens is 1. The van der Waals surface area contributed by atoms with Crippen molar-refractivity contribution in [1.82, 2.24) is 5.32 Å². The molecule has 1 unspecified atom stereocenters. The second-order valence-electron chi connectivity index (χ2n) is 4.48. The fourth-order valence-electron chi connectivity index (χ4n) is 1.89. The molecule has 1 atom stereocenters. The molecule has 21 heavy (non-hydrogen) atoms. The summed E-state index contributed by atoms with van der Waals surface area (Å²) in [7, 11) is 0. The number of nitrogens with one attached hydrogen (secondary N) is 1. The van der Waals surface area contributed by atoms with Gasteiger partial charge in [-0.2, -0.15) is 0 Å².